The molecule has 18 heavy (non-hydrogen) atoms. The standard InChI is InChI=1S/C12H15BrFNO2S/c1-15(8-9-6-10(13)7-9)18(16,17)12-5-3-2-4-11(12)14/h2-5,9-10H,6-8H2,1H3. The maximum atomic E-state index is 13.5. The number of nitrogens with zero attached hydrogens (tertiary/aromatic N) is 1. The van der Waals surface area contributed by atoms with Crippen molar-refractivity contribution in [1.29, 1.82) is 0 Å². The lowest BCUT2D eigenvalue weighted by Crippen LogP contribution is -2.38. The summed E-state index contributed by atoms with van der Waals surface area (Å²) in [5, 5.41) is 0. The fourth-order valence-corrected chi connectivity index (χ4v) is 4.45. The molecule has 1 saturated carbocycles. The molecule has 0 aromatic heterocycles. The first-order chi connectivity index (χ1) is 8.41. The molecule has 0 bridgehead atoms. The van der Waals surface area contributed by atoms with Gasteiger partial charge < -0.3 is 0 Å². The summed E-state index contributed by atoms with van der Waals surface area (Å²) in [6.45, 7) is 0.443. The van der Waals surface area contributed by atoms with E-state index in [-0.39, 0.29) is 4.90 Å². The van der Waals surface area contributed by atoms with E-state index in [2.05, 4.69) is 15.9 Å². The van der Waals surface area contributed by atoms with Crippen LogP contribution in [0.25, 0.3) is 0 Å². The van der Waals surface area contributed by atoms with Crippen molar-refractivity contribution in [2.45, 2.75) is 22.6 Å². The second-order valence-corrected chi connectivity index (χ2v) is 7.96. The van der Waals surface area contributed by atoms with E-state index in [0.29, 0.717) is 17.3 Å². The zero-order chi connectivity index (χ0) is 13.3. The van der Waals surface area contributed by atoms with Crippen molar-refractivity contribution in [3.05, 3.63) is 30.1 Å². The van der Waals surface area contributed by atoms with Gasteiger partial charge in [-0.2, -0.15) is 0 Å². The summed E-state index contributed by atoms with van der Waals surface area (Å²) < 4.78 is 39.1. The lowest BCUT2D eigenvalue weighted by molar-refractivity contribution is 0.275. The van der Waals surface area contributed by atoms with Gasteiger partial charge in [-0.05, 0) is 30.9 Å². The highest BCUT2D eigenvalue weighted by atomic mass is 79.9. The lowest BCUT2D eigenvalue weighted by Gasteiger charge is -2.34. The van der Waals surface area contributed by atoms with Crippen molar-refractivity contribution in [2.24, 2.45) is 5.92 Å². The smallest absolute Gasteiger partial charge is 0.207 e. The normalized spacial score (nSPS) is 24.0. The molecule has 0 spiro atoms. The minimum absolute atomic E-state index is 0.248. The first kappa shape index (κ1) is 14.0. The van der Waals surface area contributed by atoms with Gasteiger partial charge in [0.1, 0.15) is 10.7 Å². The highest BCUT2D eigenvalue weighted by Crippen LogP contribution is 2.34. The van der Waals surface area contributed by atoms with Crippen LogP contribution in [0.15, 0.2) is 29.2 Å². The van der Waals surface area contributed by atoms with Gasteiger partial charge in [0.05, 0.1) is 0 Å². The Hall–Kier alpha value is -0.460. The minimum atomic E-state index is -3.72. The van der Waals surface area contributed by atoms with Crippen LogP contribution in [0.1, 0.15) is 12.8 Å². The molecule has 1 aliphatic rings. The average Bonchev–Trinajstić information content (AvgIpc) is 2.27. The molecule has 1 aliphatic carbocycles. The van der Waals surface area contributed by atoms with Gasteiger partial charge in [-0.3, -0.25) is 0 Å². The number of halogens is 2. The van der Waals surface area contributed by atoms with Gasteiger partial charge in [0.2, 0.25) is 10.0 Å². The second kappa shape index (κ2) is 5.27. The Labute approximate surface area is 115 Å². The third-order valence-electron chi connectivity index (χ3n) is 3.22. The molecular formula is C12H15BrFNO2S. The topological polar surface area (TPSA) is 37.4 Å². The molecule has 1 fully saturated rings. The fraction of sp³-hybridized carbons (Fsp3) is 0.500. The van der Waals surface area contributed by atoms with Crippen molar-refractivity contribution < 1.29 is 12.8 Å². The number of rotatable bonds is 4. The molecule has 0 atom stereocenters. The van der Waals surface area contributed by atoms with Gasteiger partial charge in [-0.25, -0.2) is 17.1 Å². The Morgan fingerprint density at radius 1 is 1.39 bits per heavy atom. The van der Waals surface area contributed by atoms with Crippen molar-refractivity contribution in [1.82, 2.24) is 4.31 Å². The van der Waals surface area contributed by atoms with Crippen LogP contribution in [0.3, 0.4) is 0 Å². The van der Waals surface area contributed by atoms with E-state index in [1.54, 1.807) is 0 Å². The van der Waals surface area contributed by atoms with Gasteiger partial charge >= 0.3 is 0 Å². The number of hydrogen-bond acceptors (Lipinski definition) is 2. The summed E-state index contributed by atoms with van der Waals surface area (Å²) >= 11 is 3.47. The Bertz CT molecular complexity index is 529. The molecule has 100 valence electrons. The number of hydrogen-bond donors (Lipinski definition) is 0. The first-order valence-electron chi connectivity index (χ1n) is 5.76. The lowest BCUT2D eigenvalue weighted by atomic mass is 9.85. The molecule has 0 radical (unpaired) electrons. The van der Waals surface area contributed by atoms with E-state index < -0.39 is 15.8 Å². The van der Waals surface area contributed by atoms with Gasteiger partial charge in [-0.15, -0.1) is 0 Å². The van der Waals surface area contributed by atoms with Crippen LogP contribution in [0.2, 0.25) is 0 Å². The predicted molar refractivity (Wildman–Crippen MR) is 71.7 cm³/mol. The number of sulfonamides is 1. The summed E-state index contributed by atoms with van der Waals surface area (Å²) in [6, 6.07) is 5.48. The zero-order valence-electron chi connectivity index (χ0n) is 10.0. The largest absolute Gasteiger partial charge is 0.245 e. The van der Waals surface area contributed by atoms with Gasteiger partial charge in [0, 0.05) is 18.4 Å². The molecule has 0 heterocycles. The number of benzene rings is 1. The summed E-state index contributed by atoms with van der Waals surface area (Å²) in [5.74, 6) is -0.336. The molecule has 1 aromatic rings. The first-order valence-corrected chi connectivity index (χ1v) is 8.12. The third-order valence-corrected chi connectivity index (χ3v) is 5.82. The van der Waals surface area contributed by atoms with Gasteiger partial charge in [0.15, 0.2) is 0 Å². The third kappa shape index (κ3) is 2.75. The van der Waals surface area contributed by atoms with E-state index in [1.807, 2.05) is 0 Å². The van der Waals surface area contributed by atoms with Crippen LogP contribution in [-0.2, 0) is 10.0 Å². The molecule has 0 amide bonds. The summed E-state index contributed by atoms with van der Waals surface area (Å²) in [6.07, 6.45) is 1.94. The highest BCUT2D eigenvalue weighted by Gasteiger charge is 2.32. The molecular weight excluding hydrogens is 321 g/mol. The van der Waals surface area contributed by atoms with Crippen LogP contribution >= 0.6 is 15.9 Å². The molecule has 0 unspecified atom stereocenters. The maximum absolute atomic E-state index is 13.5. The molecule has 2 rings (SSSR count). The van der Waals surface area contributed by atoms with E-state index in [1.165, 1.54) is 35.6 Å². The molecule has 6 heteroatoms. The zero-order valence-corrected chi connectivity index (χ0v) is 12.4. The van der Waals surface area contributed by atoms with Crippen LogP contribution in [0.5, 0.6) is 0 Å². The van der Waals surface area contributed by atoms with Crippen LogP contribution in [0, 0.1) is 11.7 Å². The quantitative estimate of drug-likeness (QED) is 0.793. The maximum Gasteiger partial charge on any atom is 0.245 e. The van der Waals surface area contributed by atoms with E-state index in [0.717, 1.165) is 12.8 Å². The molecule has 0 saturated heterocycles. The Balaban J connectivity index is 2.13. The minimum Gasteiger partial charge on any atom is -0.207 e. The van der Waals surface area contributed by atoms with Crippen molar-refractivity contribution in [3.8, 4) is 0 Å². The number of alkyl halides is 1. The molecule has 1 aromatic carbocycles. The highest BCUT2D eigenvalue weighted by molar-refractivity contribution is 9.09. The van der Waals surface area contributed by atoms with Crippen molar-refractivity contribution in [3.63, 3.8) is 0 Å². The van der Waals surface area contributed by atoms with E-state index in [9.17, 15) is 12.8 Å². The fourth-order valence-electron chi connectivity index (χ4n) is 2.09. The van der Waals surface area contributed by atoms with Gasteiger partial charge in [0.25, 0.3) is 0 Å². The monoisotopic (exact) mass is 335 g/mol. The van der Waals surface area contributed by atoms with Crippen LogP contribution in [0.4, 0.5) is 4.39 Å². The predicted octanol–water partition coefficient (Wildman–Crippen LogP) is 2.62. The average molecular weight is 336 g/mol. The SMILES string of the molecule is CN(CC1CC(Br)C1)S(=O)(=O)c1ccccc1F. The summed E-state index contributed by atoms with van der Waals surface area (Å²) in [5.41, 5.74) is 0. The summed E-state index contributed by atoms with van der Waals surface area (Å²) in [4.78, 5) is 0.245. The Kier molecular flexibility index (Phi) is 4.08. The Morgan fingerprint density at radius 3 is 2.56 bits per heavy atom. The van der Waals surface area contributed by atoms with Crippen LogP contribution < -0.4 is 0 Å². The molecule has 0 aliphatic heterocycles. The second-order valence-electron chi connectivity index (χ2n) is 4.65. The van der Waals surface area contributed by atoms with Gasteiger partial charge in [-0.1, -0.05) is 28.1 Å². The van der Waals surface area contributed by atoms with Crippen molar-refractivity contribution >= 4 is 26.0 Å². The molecule has 3 nitrogen and oxygen atoms in total. The molecule has 0 N–H and O–H groups in total. The van der Waals surface area contributed by atoms with E-state index in [4.69, 9.17) is 0 Å². The van der Waals surface area contributed by atoms with Crippen molar-refractivity contribution in [2.75, 3.05) is 13.6 Å². The van der Waals surface area contributed by atoms with Crippen LogP contribution in [-0.4, -0.2) is 31.1 Å². The summed E-state index contributed by atoms with van der Waals surface area (Å²) in [7, 11) is -2.21. The Morgan fingerprint density at radius 2 is 2.00 bits per heavy atom. The van der Waals surface area contributed by atoms with E-state index >= 15 is 0 Å².